The molecule has 6 heteroatoms. The van der Waals surface area contributed by atoms with Crippen LogP contribution in [-0.2, 0) is 0 Å². The van der Waals surface area contributed by atoms with E-state index in [1.807, 2.05) is 25.1 Å². The number of carbonyl (C=O) groups excluding carboxylic acids is 1. The second-order valence-electron chi connectivity index (χ2n) is 5.99. The molecule has 0 unspecified atom stereocenters. The lowest BCUT2D eigenvalue weighted by molar-refractivity contribution is 0.208. The molecule has 2 aromatic carbocycles. The van der Waals surface area contributed by atoms with Gasteiger partial charge in [-0.25, -0.2) is 4.79 Å². The van der Waals surface area contributed by atoms with Crippen LogP contribution in [0.15, 0.2) is 48.5 Å². The Bertz CT molecular complexity index is 790. The van der Waals surface area contributed by atoms with Crippen molar-refractivity contribution in [3.8, 4) is 11.8 Å². The molecule has 2 amide bonds. The number of urea groups is 1. The van der Waals surface area contributed by atoms with E-state index < -0.39 is 0 Å². The second-order valence-corrected chi connectivity index (χ2v) is 5.99. The maximum Gasteiger partial charge on any atom is 0.321 e. The third-order valence-electron chi connectivity index (χ3n) is 4.34. The number of anilines is 2. The van der Waals surface area contributed by atoms with Gasteiger partial charge in [0.05, 0.1) is 23.9 Å². The minimum Gasteiger partial charge on any atom is -0.492 e. The van der Waals surface area contributed by atoms with Gasteiger partial charge >= 0.3 is 6.03 Å². The lowest BCUT2D eigenvalue weighted by Crippen LogP contribution is -2.50. The SMILES string of the molecule is CCOc1ccccc1N1CCN(C(=O)Nc2ccc(C#N)cc2)CC1. The number of rotatable bonds is 4. The van der Waals surface area contributed by atoms with Crippen LogP contribution in [0.25, 0.3) is 0 Å². The summed E-state index contributed by atoms with van der Waals surface area (Å²) in [4.78, 5) is 16.5. The minimum absolute atomic E-state index is 0.118. The fraction of sp³-hybridized carbons (Fsp3) is 0.300. The van der Waals surface area contributed by atoms with Gasteiger partial charge in [-0.15, -0.1) is 0 Å². The smallest absolute Gasteiger partial charge is 0.321 e. The van der Waals surface area contributed by atoms with Gasteiger partial charge in [-0.05, 0) is 43.3 Å². The molecule has 2 aromatic rings. The average Bonchev–Trinajstić information content (AvgIpc) is 2.69. The van der Waals surface area contributed by atoms with Gasteiger partial charge in [0.25, 0.3) is 0 Å². The Labute approximate surface area is 153 Å². The van der Waals surface area contributed by atoms with Gasteiger partial charge in [-0.1, -0.05) is 12.1 Å². The summed E-state index contributed by atoms with van der Waals surface area (Å²) >= 11 is 0. The largest absolute Gasteiger partial charge is 0.492 e. The maximum atomic E-state index is 12.4. The van der Waals surface area contributed by atoms with Crippen molar-refractivity contribution < 1.29 is 9.53 Å². The zero-order chi connectivity index (χ0) is 18.4. The molecule has 26 heavy (non-hydrogen) atoms. The summed E-state index contributed by atoms with van der Waals surface area (Å²) in [5.41, 5.74) is 2.34. The summed E-state index contributed by atoms with van der Waals surface area (Å²) in [7, 11) is 0. The number of ether oxygens (including phenoxy) is 1. The molecule has 1 fully saturated rings. The molecular weight excluding hydrogens is 328 g/mol. The van der Waals surface area contributed by atoms with Gasteiger partial charge in [-0.2, -0.15) is 5.26 Å². The summed E-state index contributed by atoms with van der Waals surface area (Å²) in [6.45, 7) is 5.40. The van der Waals surface area contributed by atoms with Gasteiger partial charge in [0.1, 0.15) is 5.75 Å². The van der Waals surface area contributed by atoms with Crippen LogP contribution in [0, 0.1) is 11.3 Å². The highest BCUT2D eigenvalue weighted by molar-refractivity contribution is 5.89. The molecular formula is C20H22N4O2. The first-order chi connectivity index (χ1) is 12.7. The molecule has 1 N–H and O–H groups in total. The van der Waals surface area contributed by atoms with Gasteiger partial charge in [0.15, 0.2) is 0 Å². The summed E-state index contributed by atoms with van der Waals surface area (Å²) < 4.78 is 5.70. The summed E-state index contributed by atoms with van der Waals surface area (Å²) in [5.74, 6) is 0.880. The lowest BCUT2D eigenvalue weighted by Gasteiger charge is -2.36. The molecule has 6 nitrogen and oxygen atoms in total. The van der Waals surface area contributed by atoms with Crippen LogP contribution in [-0.4, -0.2) is 43.7 Å². The molecule has 1 saturated heterocycles. The fourth-order valence-corrected chi connectivity index (χ4v) is 2.98. The quantitative estimate of drug-likeness (QED) is 0.918. The Kier molecular flexibility index (Phi) is 5.59. The molecule has 0 spiro atoms. The number of benzene rings is 2. The highest BCUT2D eigenvalue weighted by Crippen LogP contribution is 2.28. The van der Waals surface area contributed by atoms with E-state index in [1.165, 1.54) is 0 Å². The van der Waals surface area contributed by atoms with E-state index in [4.69, 9.17) is 10.00 Å². The van der Waals surface area contributed by atoms with Crippen LogP contribution >= 0.6 is 0 Å². The van der Waals surface area contributed by atoms with Gasteiger partial charge in [0.2, 0.25) is 0 Å². The number of piperazine rings is 1. The Hall–Kier alpha value is -3.20. The molecule has 1 aliphatic rings. The molecule has 0 saturated carbocycles. The maximum absolute atomic E-state index is 12.4. The fourth-order valence-electron chi connectivity index (χ4n) is 2.98. The Morgan fingerprint density at radius 1 is 1.12 bits per heavy atom. The monoisotopic (exact) mass is 350 g/mol. The van der Waals surface area contributed by atoms with E-state index in [2.05, 4.69) is 22.4 Å². The van der Waals surface area contributed by atoms with Crippen LogP contribution in [0.5, 0.6) is 5.75 Å². The van der Waals surface area contributed by atoms with E-state index in [-0.39, 0.29) is 6.03 Å². The number of carbonyl (C=O) groups is 1. The van der Waals surface area contributed by atoms with Crippen molar-refractivity contribution in [2.75, 3.05) is 43.0 Å². The van der Waals surface area contributed by atoms with Crippen molar-refractivity contribution in [1.82, 2.24) is 4.90 Å². The first kappa shape index (κ1) is 17.6. The minimum atomic E-state index is -0.118. The summed E-state index contributed by atoms with van der Waals surface area (Å²) in [6, 6.07) is 16.8. The van der Waals surface area contributed by atoms with Crippen LogP contribution in [0.2, 0.25) is 0 Å². The van der Waals surface area contributed by atoms with E-state index in [1.54, 1.807) is 29.2 Å². The number of hydrogen-bond donors (Lipinski definition) is 1. The van der Waals surface area contributed by atoms with E-state index in [9.17, 15) is 4.79 Å². The predicted octanol–water partition coefficient (Wildman–Crippen LogP) is 3.31. The Balaban J connectivity index is 1.58. The predicted molar refractivity (Wildman–Crippen MR) is 102 cm³/mol. The Morgan fingerprint density at radius 2 is 1.81 bits per heavy atom. The van der Waals surface area contributed by atoms with E-state index in [0.717, 1.165) is 24.5 Å². The Morgan fingerprint density at radius 3 is 2.46 bits per heavy atom. The first-order valence-electron chi connectivity index (χ1n) is 8.74. The molecule has 1 aliphatic heterocycles. The molecule has 0 aromatic heterocycles. The molecule has 0 bridgehead atoms. The van der Waals surface area contributed by atoms with Crippen molar-refractivity contribution in [2.24, 2.45) is 0 Å². The van der Waals surface area contributed by atoms with E-state index >= 15 is 0 Å². The zero-order valence-corrected chi connectivity index (χ0v) is 14.8. The van der Waals surface area contributed by atoms with Gasteiger partial charge in [0, 0.05) is 31.9 Å². The highest BCUT2D eigenvalue weighted by atomic mass is 16.5. The van der Waals surface area contributed by atoms with Crippen molar-refractivity contribution in [1.29, 1.82) is 5.26 Å². The third kappa shape index (κ3) is 4.06. The van der Waals surface area contributed by atoms with E-state index in [0.29, 0.717) is 30.9 Å². The number of para-hydroxylation sites is 2. The number of hydrogen-bond acceptors (Lipinski definition) is 4. The number of amides is 2. The average molecular weight is 350 g/mol. The van der Waals surface area contributed by atoms with Crippen LogP contribution in [0.1, 0.15) is 12.5 Å². The molecule has 134 valence electrons. The van der Waals surface area contributed by atoms with Gasteiger partial charge in [-0.3, -0.25) is 0 Å². The molecule has 0 atom stereocenters. The number of nitriles is 1. The normalized spacial score (nSPS) is 13.8. The van der Waals surface area contributed by atoms with Crippen LogP contribution in [0.4, 0.5) is 16.2 Å². The second kappa shape index (κ2) is 8.26. The molecule has 1 heterocycles. The van der Waals surface area contributed by atoms with Crippen LogP contribution < -0.4 is 15.0 Å². The number of nitrogens with zero attached hydrogens (tertiary/aromatic N) is 3. The lowest BCUT2D eigenvalue weighted by atomic mass is 10.2. The highest BCUT2D eigenvalue weighted by Gasteiger charge is 2.23. The molecule has 0 radical (unpaired) electrons. The summed E-state index contributed by atoms with van der Waals surface area (Å²) in [6.07, 6.45) is 0. The van der Waals surface area contributed by atoms with Crippen molar-refractivity contribution in [3.63, 3.8) is 0 Å². The topological polar surface area (TPSA) is 68.6 Å². The van der Waals surface area contributed by atoms with Crippen molar-refractivity contribution in [2.45, 2.75) is 6.92 Å². The van der Waals surface area contributed by atoms with Crippen molar-refractivity contribution in [3.05, 3.63) is 54.1 Å². The van der Waals surface area contributed by atoms with Crippen molar-refractivity contribution >= 4 is 17.4 Å². The third-order valence-corrected chi connectivity index (χ3v) is 4.34. The summed E-state index contributed by atoms with van der Waals surface area (Å²) in [5, 5.41) is 11.7. The number of nitrogens with one attached hydrogen (secondary N) is 1. The first-order valence-corrected chi connectivity index (χ1v) is 8.74. The molecule has 0 aliphatic carbocycles. The zero-order valence-electron chi connectivity index (χ0n) is 14.8. The standard InChI is InChI=1S/C20H22N4O2/c1-2-26-19-6-4-3-5-18(19)23-11-13-24(14-12-23)20(25)22-17-9-7-16(15-21)8-10-17/h3-10H,2,11-14H2,1H3,(H,22,25). The van der Waals surface area contributed by atoms with Gasteiger partial charge < -0.3 is 19.9 Å². The van der Waals surface area contributed by atoms with Crippen LogP contribution in [0.3, 0.4) is 0 Å². The molecule has 3 rings (SSSR count).